The summed E-state index contributed by atoms with van der Waals surface area (Å²) in [6, 6.07) is 16.5. The smallest absolute Gasteiger partial charge is 0.161 e. The number of thioether (sulfide) groups is 1. The average Bonchev–Trinajstić information content (AvgIpc) is 2.94. The monoisotopic (exact) mass is 450 g/mol. The number of hydrogen-bond acceptors (Lipinski definition) is 4. The molecule has 2 atom stereocenters. The Morgan fingerprint density at radius 1 is 1.07 bits per heavy atom. The van der Waals surface area contributed by atoms with E-state index in [2.05, 4.69) is 18.7 Å². The van der Waals surface area contributed by atoms with E-state index in [1.54, 1.807) is 23.9 Å². The molecule has 0 spiro atoms. The number of nitrogens with zero attached hydrogens (tertiary/aromatic N) is 2. The van der Waals surface area contributed by atoms with Crippen molar-refractivity contribution in [2.24, 2.45) is 10.4 Å². The molecule has 0 aromatic heterocycles. The van der Waals surface area contributed by atoms with Crippen molar-refractivity contribution >= 4 is 33.9 Å². The Hall–Kier alpha value is -1.37. The first-order chi connectivity index (χ1) is 12.4. The van der Waals surface area contributed by atoms with Crippen LogP contribution in [0.5, 0.6) is 0 Å². The topological polar surface area (TPSA) is 35.8 Å². The van der Waals surface area contributed by atoms with Crippen molar-refractivity contribution in [2.45, 2.75) is 25.5 Å². The third kappa shape index (κ3) is 3.80. The van der Waals surface area contributed by atoms with Crippen molar-refractivity contribution in [3.05, 3.63) is 71.5 Å². The fourth-order valence-corrected chi connectivity index (χ4v) is 5.05. The van der Waals surface area contributed by atoms with Gasteiger partial charge < -0.3 is 10.0 Å². The number of hydrogen-bond donors (Lipinski definition) is 1. The molecule has 1 saturated heterocycles. The van der Waals surface area contributed by atoms with Gasteiger partial charge in [0.15, 0.2) is 10.9 Å². The van der Waals surface area contributed by atoms with Gasteiger partial charge in [-0.1, -0.05) is 68.1 Å². The first-order valence-corrected chi connectivity index (χ1v) is 9.85. The highest BCUT2D eigenvalue weighted by molar-refractivity contribution is 8.93. The minimum Gasteiger partial charge on any atom is -0.369 e. The van der Waals surface area contributed by atoms with Gasteiger partial charge in [-0.25, -0.2) is 4.39 Å². The lowest BCUT2D eigenvalue weighted by atomic mass is 9.81. The minimum absolute atomic E-state index is 0. The van der Waals surface area contributed by atoms with Crippen molar-refractivity contribution < 1.29 is 9.50 Å². The van der Waals surface area contributed by atoms with Gasteiger partial charge in [0.1, 0.15) is 5.82 Å². The Morgan fingerprint density at radius 3 is 2.37 bits per heavy atom. The van der Waals surface area contributed by atoms with E-state index >= 15 is 0 Å². The molecule has 2 unspecified atom stereocenters. The van der Waals surface area contributed by atoms with Gasteiger partial charge in [0.05, 0.1) is 5.92 Å². The normalized spacial score (nSPS) is 24.6. The Kier molecular flexibility index (Phi) is 5.71. The van der Waals surface area contributed by atoms with Crippen LogP contribution in [0.2, 0.25) is 0 Å². The summed E-state index contributed by atoms with van der Waals surface area (Å²) in [6.07, 6.45) is 0. The quantitative estimate of drug-likeness (QED) is 0.737. The van der Waals surface area contributed by atoms with Gasteiger partial charge in [-0.15, -0.1) is 17.0 Å². The molecule has 1 fully saturated rings. The van der Waals surface area contributed by atoms with Gasteiger partial charge in [-0.2, -0.15) is 0 Å². The third-order valence-corrected chi connectivity index (χ3v) is 6.32. The standard InChI is InChI=1S/C21H23FN2OS.BrH/c1-20(2)12-23-19-24(13-20)21(25,14-26-19)18(15-6-4-3-5-7-15)16-8-10-17(22)11-9-16;/h3-11,18,25H,12-14H2,1-2H3;1H. The van der Waals surface area contributed by atoms with Crippen LogP contribution < -0.4 is 0 Å². The van der Waals surface area contributed by atoms with Crippen molar-refractivity contribution in [1.29, 1.82) is 0 Å². The molecule has 2 aliphatic heterocycles. The second kappa shape index (κ2) is 7.57. The molecule has 0 bridgehead atoms. The zero-order valence-corrected chi connectivity index (χ0v) is 18.0. The molecular formula is C21H24BrFN2OS. The van der Waals surface area contributed by atoms with Crippen LogP contribution in [0, 0.1) is 11.2 Å². The maximum atomic E-state index is 13.5. The van der Waals surface area contributed by atoms with Crippen molar-refractivity contribution in [2.75, 3.05) is 18.8 Å². The Labute approximate surface area is 174 Å². The van der Waals surface area contributed by atoms with E-state index in [4.69, 9.17) is 4.99 Å². The highest BCUT2D eigenvalue weighted by Crippen LogP contribution is 2.47. The summed E-state index contributed by atoms with van der Waals surface area (Å²) >= 11 is 1.61. The molecule has 2 aromatic carbocycles. The molecule has 27 heavy (non-hydrogen) atoms. The fraction of sp³-hybridized carbons (Fsp3) is 0.381. The van der Waals surface area contributed by atoms with Gasteiger partial charge in [-0.3, -0.25) is 4.99 Å². The van der Waals surface area contributed by atoms with Crippen LogP contribution in [0.15, 0.2) is 59.6 Å². The maximum Gasteiger partial charge on any atom is 0.161 e. The second-order valence-electron chi connectivity index (χ2n) is 7.91. The molecule has 0 amide bonds. The molecule has 0 aliphatic carbocycles. The molecule has 6 heteroatoms. The zero-order valence-electron chi connectivity index (χ0n) is 15.4. The number of fused-ring (bicyclic) bond motifs is 1. The number of rotatable bonds is 3. The van der Waals surface area contributed by atoms with Crippen LogP contribution >= 0.6 is 28.7 Å². The maximum absolute atomic E-state index is 13.5. The third-order valence-electron chi connectivity index (χ3n) is 5.14. The first-order valence-electron chi connectivity index (χ1n) is 8.87. The van der Waals surface area contributed by atoms with Crippen molar-refractivity contribution in [3.8, 4) is 0 Å². The molecule has 144 valence electrons. The fourth-order valence-electron chi connectivity index (χ4n) is 3.85. The average molecular weight is 451 g/mol. The highest BCUT2D eigenvalue weighted by Gasteiger charge is 2.52. The lowest BCUT2D eigenvalue weighted by Gasteiger charge is -2.45. The van der Waals surface area contributed by atoms with Crippen LogP contribution in [-0.2, 0) is 0 Å². The van der Waals surface area contributed by atoms with Gasteiger partial charge in [-0.05, 0) is 23.3 Å². The van der Waals surface area contributed by atoms with Crippen LogP contribution in [-0.4, -0.2) is 39.7 Å². The molecular weight excluding hydrogens is 427 g/mol. The van der Waals surface area contributed by atoms with E-state index in [9.17, 15) is 9.50 Å². The summed E-state index contributed by atoms with van der Waals surface area (Å²) in [6.45, 7) is 5.87. The Bertz CT molecular complexity index is 828. The van der Waals surface area contributed by atoms with Gasteiger partial charge in [0.2, 0.25) is 0 Å². The van der Waals surface area contributed by atoms with E-state index in [1.807, 2.05) is 30.3 Å². The highest BCUT2D eigenvalue weighted by atomic mass is 79.9. The van der Waals surface area contributed by atoms with Crippen molar-refractivity contribution in [1.82, 2.24) is 4.90 Å². The van der Waals surface area contributed by atoms with Crippen LogP contribution in [0.25, 0.3) is 0 Å². The summed E-state index contributed by atoms with van der Waals surface area (Å²) in [7, 11) is 0. The molecule has 0 radical (unpaired) electrons. The summed E-state index contributed by atoms with van der Waals surface area (Å²) < 4.78 is 13.5. The van der Waals surface area contributed by atoms with E-state index in [-0.39, 0.29) is 34.1 Å². The van der Waals surface area contributed by atoms with Crippen LogP contribution in [0.1, 0.15) is 30.9 Å². The van der Waals surface area contributed by atoms with Crippen LogP contribution in [0.3, 0.4) is 0 Å². The van der Waals surface area contributed by atoms with E-state index in [0.717, 1.165) is 29.4 Å². The number of benzene rings is 2. The molecule has 0 saturated carbocycles. The number of amidine groups is 1. The predicted octanol–water partition coefficient (Wildman–Crippen LogP) is 4.67. The molecule has 2 heterocycles. The molecule has 3 nitrogen and oxygen atoms in total. The summed E-state index contributed by atoms with van der Waals surface area (Å²) in [5.41, 5.74) is 0.837. The van der Waals surface area contributed by atoms with E-state index in [0.29, 0.717) is 5.75 Å². The summed E-state index contributed by atoms with van der Waals surface area (Å²) in [4.78, 5) is 6.77. The summed E-state index contributed by atoms with van der Waals surface area (Å²) in [5, 5.41) is 12.8. The van der Waals surface area contributed by atoms with Gasteiger partial charge >= 0.3 is 0 Å². The van der Waals surface area contributed by atoms with E-state index in [1.165, 1.54) is 12.1 Å². The molecule has 1 N–H and O–H groups in total. The number of aliphatic hydroxyl groups is 1. The largest absolute Gasteiger partial charge is 0.369 e. The molecule has 4 rings (SSSR count). The first kappa shape index (κ1) is 20.4. The van der Waals surface area contributed by atoms with Crippen molar-refractivity contribution in [3.63, 3.8) is 0 Å². The number of halogens is 2. The predicted molar refractivity (Wildman–Crippen MR) is 115 cm³/mol. The molecule has 2 aromatic rings. The Balaban J connectivity index is 0.00000210. The Morgan fingerprint density at radius 2 is 1.70 bits per heavy atom. The summed E-state index contributed by atoms with van der Waals surface area (Å²) in [5.74, 6) is -0.00752. The zero-order chi connectivity index (χ0) is 18.4. The van der Waals surface area contributed by atoms with Gasteiger partial charge in [0.25, 0.3) is 0 Å². The molecule has 2 aliphatic rings. The minimum atomic E-state index is -1.10. The van der Waals surface area contributed by atoms with Crippen LogP contribution in [0.4, 0.5) is 4.39 Å². The van der Waals surface area contributed by atoms with E-state index < -0.39 is 5.72 Å². The van der Waals surface area contributed by atoms with Gasteiger partial charge in [0, 0.05) is 24.3 Å². The second-order valence-corrected chi connectivity index (χ2v) is 8.85. The number of aliphatic imine (C=N–C) groups is 1. The SMILES string of the molecule is Br.CC1(C)CN=C2SCC(O)(C(c3ccccc3)c3ccc(F)cc3)N2C1. The lowest BCUT2D eigenvalue weighted by Crippen LogP contribution is -2.56. The lowest BCUT2D eigenvalue weighted by molar-refractivity contribution is -0.0703.